The fourth-order valence-corrected chi connectivity index (χ4v) is 5.42. The Morgan fingerprint density at radius 3 is 2.38 bits per heavy atom. The summed E-state index contributed by atoms with van der Waals surface area (Å²) < 4.78 is 26.8. The van der Waals surface area contributed by atoms with Crippen molar-refractivity contribution < 1.29 is 13.2 Å². The maximum atomic E-state index is 12.4. The summed E-state index contributed by atoms with van der Waals surface area (Å²) in [6, 6.07) is 17.5. The number of hydrogen-bond donors (Lipinski definition) is 2. The van der Waals surface area contributed by atoms with Crippen LogP contribution in [0.25, 0.3) is 11.1 Å². The Bertz CT molecular complexity index is 1130. The number of rotatable bonds is 7. The van der Waals surface area contributed by atoms with E-state index in [0.717, 1.165) is 22.5 Å². The second kappa shape index (κ2) is 8.14. The van der Waals surface area contributed by atoms with Gasteiger partial charge in [-0.25, -0.2) is 13.4 Å². The summed E-state index contributed by atoms with van der Waals surface area (Å²) in [5.74, 6) is -0.277. The number of carbonyl (C=O) groups excluding carboxylic acids is 1. The van der Waals surface area contributed by atoms with Crippen LogP contribution in [0.2, 0.25) is 4.34 Å². The Labute approximate surface area is 178 Å². The Balaban J connectivity index is 1.38. The molecule has 1 saturated carbocycles. The second-order valence-corrected chi connectivity index (χ2v) is 10.3. The van der Waals surface area contributed by atoms with Gasteiger partial charge >= 0.3 is 0 Å². The van der Waals surface area contributed by atoms with Crippen LogP contribution in [0, 0.1) is 0 Å². The number of benzene rings is 2. The van der Waals surface area contributed by atoms with E-state index < -0.39 is 10.0 Å². The van der Waals surface area contributed by atoms with Crippen LogP contribution in [0.15, 0.2) is 54.6 Å². The zero-order valence-electron chi connectivity index (χ0n) is 15.3. The van der Waals surface area contributed by atoms with E-state index >= 15 is 0 Å². The average molecular weight is 448 g/mol. The highest BCUT2D eigenvalue weighted by atomic mass is 35.5. The summed E-state index contributed by atoms with van der Waals surface area (Å²) in [4.78, 5) is 16.5. The second-order valence-electron chi connectivity index (χ2n) is 6.75. The van der Waals surface area contributed by atoms with Gasteiger partial charge in [0, 0.05) is 5.69 Å². The topological polar surface area (TPSA) is 88.2 Å². The number of nitrogens with one attached hydrogen (secondary N) is 2. The van der Waals surface area contributed by atoms with E-state index in [1.54, 1.807) is 0 Å². The monoisotopic (exact) mass is 447 g/mol. The van der Waals surface area contributed by atoms with Gasteiger partial charge in [0.1, 0.15) is 4.34 Å². The summed E-state index contributed by atoms with van der Waals surface area (Å²) in [6.45, 7) is 0. The van der Waals surface area contributed by atoms with Crippen molar-refractivity contribution >= 4 is 49.7 Å². The third-order valence-corrected chi connectivity index (χ3v) is 7.65. The van der Waals surface area contributed by atoms with Crippen molar-refractivity contribution in [3.05, 3.63) is 64.6 Å². The van der Waals surface area contributed by atoms with E-state index in [0.29, 0.717) is 28.6 Å². The smallest absolute Gasteiger partial charge is 0.237 e. The predicted molar refractivity (Wildman–Crippen MR) is 117 cm³/mol. The highest BCUT2D eigenvalue weighted by Gasteiger charge is 2.36. The molecule has 1 aliphatic rings. The van der Waals surface area contributed by atoms with E-state index in [4.69, 9.17) is 11.6 Å². The number of thiazole rings is 1. The molecule has 0 saturated heterocycles. The van der Waals surface area contributed by atoms with Crippen LogP contribution in [0.5, 0.6) is 0 Å². The van der Waals surface area contributed by atoms with Gasteiger partial charge in [0.15, 0.2) is 5.13 Å². The SMILES string of the molecule is O=C(Cc1nc(NS(=O)(=O)C2CC2)sc1Cl)Nc1ccc(-c2ccccc2)cc1. The number of hydrogen-bond acceptors (Lipinski definition) is 5. The molecule has 1 amide bonds. The first-order chi connectivity index (χ1) is 13.9. The first-order valence-corrected chi connectivity index (χ1v) is 11.8. The number of carbonyl (C=O) groups is 1. The van der Waals surface area contributed by atoms with Gasteiger partial charge in [-0.1, -0.05) is 65.4 Å². The van der Waals surface area contributed by atoms with Gasteiger partial charge in [-0.2, -0.15) is 0 Å². The molecule has 29 heavy (non-hydrogen) atoms. The van der Waals surface area contributed by atoms with E-state index in [1.165, 1.54) is 0 Å². The molecule has 150 valence electrons. The lowest BCUT2D eigenvalue weighted by Gasteiger charge is -2.06. The van der Waals surface area contributed by atoms with Crippen molar-refractivity contribution in [1.82, 2.24) is 4.98 Å². The van der Waals surface area contributed by atoms with Crippen molar-refractivity contribution in [2.75, 3.05) is 10.0 Å². The number of aromatic nitrogens is 1. The van der Waals surface area contributed by atoms with Crippen LogP contribution < -0.4 is 10.0 Å². The van der Waals surface area contributed by atoms with Gasteiger partial charge in [0.05, 0.1) is 17.4 Å². The Morgan fingerprint density at radius 2 is 1.72 bits per heavy atom. The summed E-state index contributed by atoms with van der Waals surface area (Å²) >= 11 is 7.16. The zero-order chi connectivity index (χ0) is 20.4. The molecule has 1 fully saturated rings. The third-order valence-electron chi connectivity index (χ3n) is 4.45. The van der Waals surface area contributed by atoms with Gasteiger partial charge in [-0.3, -0.25) is 9.52 Å². The molecule has 9 heteroatoms. The average Bonchev–Trinajstić information content (AvgIpc) is 3.50. The van der Waals surface area contributed by atoms with Gasteiger partial charge in [-0.05, 0) is 36.1 Å². The molecule has 1 aliphatic carbocycles. The van der Waals surface area contributed by atoms with Crippen molar-refractivity contribution in [3.8, 4) is 11.1 Å². The molecule has 0 radical (unpaired) electrons. The van der Waals surface area contributed by atoms with E-state index in [-0.39, 0.29) is 22.7 Å². The molecule has 1 heterocycles. The van der Waals surface area contributed by atoms with Gasteiger partial charge in [0.2, 0.25) is 15.9 Å². The Morgan fingerprint density at radius 1 is 1.07 bits per heavy atom. The van der Waals surface area contributed by atoms with Crippen molar-refractivity contribution in [1.29, 1.82) is 0 Å². The summed E-state index contributed by atoms with van der Waals surface area (Å²) in [5, 5.41) is 2.65. The third kappa shape index (κ3) is 4.95. The fourth-order valence-electron chi connectivity index (χ4n) is 2.80. The van der Waals surface area contributed by atoms with Crippen molar-refractivity contribution in [2.45, 2.75) is 24.5 Å². The number of halogens is 1. The molecule has 0 spiro atoms. The minimum absolute atomic E-state index is 0.0407. The lowest BCUT2D eigenvalue weighted by Crippen LogP contribution is -2.17. The number of anilines is 2. The highest BCUT2D eigenvalue weighted by Crippen LogP contribution is 2.33. The summed E-state index contributed by atoms with van der Waals surface area (Å²) in [7, 11) is -3.41. The first-order valence-electron chi connectivity index (χ1n) is 9.03. The molecular weight excluding hydrogens is 430 g/mol. The van der Waals surface area contributed by atoms with Crippen LogP contribution in [0.4, 0.5) is 10.8 Å². The van der Waals surface area contributed by atoms with Crippen molar-refractivity contribution in [3.63, 3.8) is 0 Å². The Hall–Kier alpha value is -2.42. The van der Waals surface area contributed by atoms with Gasteiger partial charge in [-0.15, -0.1) is 0 Å². The van der Waals surface area contributed by atoms with Gasteiger partial charge in [0.25, 0.3) is 0 Å². The predicted octanol–water partition coefficient (Wildman–Crippen LogP) is 4.55. The molecule has 0 unspecified atom stereocenters. The first kappa shape index (κ1) is 19.9. The van der Waals surface area contributed by atoms with Crippen LogP contribution in [0.1, 0.15) is 18.5 Å². The largest absolute Gasteiger partial charge is 0.326 e. The number of amides is 1. The zero-order valence-corrected chi connectivity index (χ0v) is 17.7. The molecule has 0 atom stereocenters. The molecule has 0 bridgehead atoms. The lowest BCUT2D eigenvalue weighted by atomic mass is 10.1. The Kier molecular flexibility index (Phi) is 5.58. The fraction of sp³-hybridized carbons (Fsp3) is 0.200. The molecule has 1 aromatic heterocycles. The standard InChI is InChI=1S/C20H18ClN3O3S2/c21-19-17(23-20(28-19)24-29(26,27)16-10-11-16)12-18(25)22-15-8-6-14(7-9-15)13-4-2-1-3-5-13/h1-9,16H,10-12H2,(H,22,25)(H,23,24). The van der Waals surface area contributed by atoms with Crippen LogP contribution >= 0.6 is 22.9 Å². The van der Waals surface area contributed by atoms with Crippen LogP contribution in [-0.2, 0) is 21.2 Å². The number of sulfonamides is 1. The molecule has 2 N–H and O–H groups in total. The molecule has 4 rings (SSSR count). The van der Waals surface area contributed by atoms with E-state index in [1.807, 2.05) is 54.6 Å². The molecule has 2 aromatic carbocycles. The van der Waals surface area contributed by atoms with Gasteiger partial charge < -0.3 is 5.32 Å². The minimum Gasteiger partial charge on any atom is -0.326 e. The summed E-state index contributed by atoms with van der Waals surface area (Å²) in [5.41, 5.74) is 3.17. The summed E-state index contributed by atoms with van der Waals surface area (Å²) in [6.07, 6.45) is 1.28. The highest BCUT2D eigenvalue weighted by molar-refractivity contribution is 7.93. The molecule has 0 aliphatic heterocycles. The minimum atomic E-state index is -3.41. The normalized spacial score (nSPS) is 13.8. The van der Waals surface area contributed by atoms with E-state index in [2.05, 4.69) is 15.0 Å². The molecular formula is C20H18ClN3O3S2. The van der Waals surface area contributed by atoms with E-state index in [9.17, 15) is 13.2 Å². The lowest BCUT2D eigenvalue weighted by molar-refractivity contribution is -0.115. The van der Waals surface area contributed by atoms with Crippen LogP contribution in [0.3, 0.4) is 0 Å². The number of nitrogens with zero attached hydrogens (tertiary/aromatic N) is 1. The van der Waals surface area contributed by atoms with Crippen LogP contribution in [-0.4, -0.2) is 24.6 Å². The molecule has 3 aromatic rings. The molecule has 6 nitrogen and oxygen atoms in total. The maximum absolute atomic E-state index is 12.4. The van der Waals surface area contributed by atoms with Crippen molar-refractivity contribution in [2.24, 2.45) is 0 Å². The quantitative estimate of drug-likeness (QED) is 0.556. The maximum Gasteiger partial charge on any atom is 0.237 e.